The number of carbonyl (C=O) groups excluding carboxylic acids is 2. The van der Waals surface area contributed by atoms with Crippen molar-refractivity contribution in [1.82, 2.24) is 10.3 Å². The second kappa shape index (κ2) is 8.94. The van der Waals surface area contributed by atoms with E-state index in [4.69, 9.17) is 4.74 Å². The fraction of sp³-hybridized carbons (Fsp3) is 0.450. The molecule has 0 unspecified atom stereocenters. The minimum atomic E-state index is -0.396. The molecule has 0 aliphatic carbocycles. The van der Waals surface area contributed by atoms with E-state index in [1.165, 1.54) is 16.9 Å². The summed E-state index contributed by atoms with van der Waals surface area (Å²) >= 11 is 1.35. The number of nitrogens with one attached hydrogen (secondary N) is 1. The van der Waals surface area contributed by atoms with Crippen LogP contribution < -0.4 is 5.32 Å². The van der Waals surface area contributed by atoms with Crippen LogP contribution in [-0.4, -0.2) is 30.0 Å². The van der Waals surface area contributed by atoms with Gasteiger partial charge in [-0.05, 0) is 18.9 Å². The first-order valence-electron chi connectivity index (χ1n) is 8.71. The summed E-state index contributed by atoms with van der Waals surface area (Å²) in [6, 6.07) is 8.14. The summed E-state index contributed by atoms with van der Waals surface area (Å²) in [5.74, 6) is -0.443. The quantitative estimate of drug-likeness (QED) is 0.593. The highest BCUT2D eigenvalue weighted by molar-refractivity contribution is 7.13. The maximum atomic E-state index is 12.0. The van der Waals surface area contributed by atoms with Crippen molar-refractivity contribution in [1.29, 1.82) is 0 Å². The van der Waals surface area contributed by atoms with E-state index in [0.29, 0.717) is 24.3 Å². The van der Waals surface area contributed by atoms with Crippen LogP contribution in [0.4, 0.5) is 0 Å². The van der Waals surface area contributed by atoms with E-state index < -0.39 is 5.97 Å². The first-order valence-corrected chi connectivity index (χ1v) is 9.53. The van der Waals surface area contributed by atoms with Gasteiger partial charge in [-0.1, -0.05) is 50.6 Å². The molecular weight excluding hydrogens is 348 g/mol. The molecular formula is C20H26N2O3S. The third-order valence-corrected chi connectivity index (χ3v) is 5.17. The molecule has 0 bridgehead atoms. The van der Waals surface area contributed by atoms with Gasteiger partial charge in [0.05, 0.1) is 17.7 Å². The van der Waals surface area contributed by atoms with E-state index in [1.54, 1.807) is 6.20 Å². The number of aryl methyl sites for hydroxylation is 2. The van der Waals surface area contributed by atoms with Crippen molar-refractivity contribution >= 4 is 23.2 Å². The van der Waals surface area contributed by atoms with Crippen LogP contribution in [0.1, 0.15) is 53.0 Å². The number of hydrogen-bond donors (Lipinski definition) is 1. The molecule has 26 heavy (non-hydrogen) atoms. The number of thiazole rings is 1. The van der Waals surface area contributed by atoms with E-state index >= 15 is 0 Å². The maximum Gasteiger partial charge on any atom is 0.350 e. The van der Waals surface area contributed by atoms with Crippen molar-refractivity contribution in [2.75, 3.05) is 13.2 Å². The Balaban J connectivity index is 1.66. The third kappa shape index (κ3) is 6.26. The average Bonchev–Trinajstić information content (AvgIpc) is 3.08. The summed E-state index contributed by atoms with van der Waals surface area (Å²) in [6.07, 6.45) is 2.66. The lowest BCUT2D eigenvalue weighted by atomic mass is 9.98. The molecule has 0 aliphatic heterocycles. The molecule has 1 aromatic carbocycles. The van der Waals surface area contributed by atoms with Gasteiger partial charge in [0.25, 0.3) is 0 Å². The van der Waals surface area contributed by atoms with Crippen molar-refractivity contribution in [2.24, 2.45) is 0 Å². The highest BCUT2D eigenvalue weighted by Gasteiger charge is 2.20. The molecule has 1 heterocycles. The van der Waals surface area contributed by atoms with Gasteiger partial charge in [0.1, 0.15) is 11.5 Å². The monoisotopic (exact) mass is 374 g/mol. The first kappa shape index (κ1) is 20.1. The molecule has 2 rings (SSSR count). The van der Waals surface area contributed by atoms with Crippen LogP contribution in [0, 0.1) is 6.92 Å². The molecule has 0 saturated heterocycles. The second-order valence-corrected chi connectivity index (χ2v) is 8.28. The van der Waals surface area contributed by atoms with Crippen LogP contribution in [-0.2, 0) is 21.4 Å². The minimum Gasteiger partial charge on any atom is -0.460 e. The van der Waals surface area contributed by atoms with Gasteiger partial charge in [0, 0.05) is 11.8 Å². The Bertz CT molecular complexity index is 745. The predicted molar refractivity (Wildman–Crippen MR) is 104 cm³/mol. The molecule has 2 aromatic rings. The fourth-order valence-corrected chi connectivity index (χ4v) is 3.09. The average molecular weight is 375 g/mol. The van der Waals surface area contributed by atoms with Gasteiger partial charge in [-0.3, -0.25) is 4.79 Å². The lowest BCUT2D eigenvalue weighted by molar-refractivity contribution is -0.121. The topological polar surface area (TPSA) is 68.3 Å². The molecule has 5 nitrogen and oxygen atoms in total. The van der Waals surface area contributed by atoms with Gasteiger partial charge in [0.2, 0.25) is 5.91 Å². The number of ether oxygens (including phenoxy) is 1. The number of hydrogen-bond acceptors (Lipinski definition) is 5. The normalized spacial score (nSPS) is 11.2. The zero-order chi connectivity index (χ0) is 19.2. The van der Waals surface area contributed by atoms with Crippen LogP contribution in [0.25, 0.3) is 0 Å². The summed E-state index contributed by atoms with van der Waals surface area (Å²) in [5, 5.41) is 3.67. The Morgan fingerprint density at radius 1 is 1.19 bits per heavy atom. The number of amides is 1. The molecule has 140 valence electrons. The number of rotatable bonds is 7. The predicted octanol–water partition coefficient (Wildman–Crippen LogP) is 3.65. The number of benzene rings is 1. The third-order valence-electron chi connectivity index (χ3n) is 3.77. The summed E-state index contributed by atoms with van der Waals surface area (Å²) in [4.78, 5) is 28.6. The molecule has 0 spiro atoms. The highest BCUT2D eigenvalue weighted by Crippen LogP contribution is 2.27. The summed E-state index contributed by atoms with van der Waals surface area (Å²) in [7, 11) is 0. The summed E-state index contributed by atoms with van der Waals surface area (Å²) < 4.78 is 5.20. The minimum absolute atomic E-state index is 0.0468. The zero-order valence-electron chi connectivity index (χ0n) is 15.8. The van der Waals surface area contributed by atoms with E-state index in [1.807, 2.05) is 52.0 Å². The molecule has 0 aliphatic rings. The SMILES string of the molecule is Cc1ccc(CCC(=O)NCCOC(=O)c2cnc(C(C)(C)C)s2)cc1. The van der Waals surface area contributed by atoms with Gasteiger partial charge in [0.15, 0.2) is 0 Å². The van der Waals surface area contributed by atoms with Crippen molar-refractivity contribution in [3.63, 3.8) is 0 Å². The summed E-state index contributed by atoms with van der Waals surface area (Å²) in [5.41, 5.74) is 2.25. The molecule has 0 radical (unpaired) electrons. The van der Waals surface area contributed by atoms with Crippen molar-refractivity contribution in [3.05, 3.63) is 51.5 Å². The lowest BCUT2D eigenvalue weighted by Gasteiger charge is -2.13. The van der Waals surface area contributed by atoms with Gasteiger partial charge >= 0.3 is 5.97 Å². The largest absolute Gasteiger partial charge is 0.460 e. The van der Waals surface area contributed by atoms with Crippen molar-refractivity contribution in [3.8, 4) is 0 Å². The lowest BCUT2D eigenvalue weighted by Crippen LogP contribution is -2.28. The number of nitrogens with zero attached hydrogens (tertiary/aromatic N) is 1. The molecule has 1 aromatic heterocycles. The summed E-state index contributed by atoms with van der Waals surface area (Å²) in [6.45, 7) is 8.64. The second-order valence-electron chi connectivity index (χ2n) is 7.25. The number of esters is 1. The molecule has 0 fully saturated rings. The molecule has 1 N–H and O–H groups in total. The Morgan fingerprint density at radius 2 is 1.88 bits per heavy atom. The van der Waals surface area contributed by atoms with Crippen LogP contribution in [0.15, 0.2) is 30.5 Å². The first-order chi connectivity index (χ1) is 12.3. The van der Waals surface area contributed by atoms with Crippen LogP contribution in [0.2, 0.25) is 0 Å². The molecule has 1 amide bonds. The van der Waals surface area contributed by atoms with Gasteiger partial charge < -0.3 is 10.1 Å². The van der Waals surface area contributed by atoms with Gasteiger partial charge in [-0.2, -0.15) is 0 Å². The standard InChI is InChI=1S/C20H26N2O3S/c1-14-5-7-15(8-6-14)9-10-17(23)21-11-12-25-18(24)16-13-22-19(26-16)20(2,3)4/h5-8,13H,9-12H2,1-4H3,(H,21,23). The Labute approximate surface area is 158 Å². The van der Waals surface area contributed by atoms with Crippen LogP contribution >= 0.6 is 11.3 Å². The molecule has 0 atom stereocenters. The Morgan fingerprint density at radius 3 is 2.50 bits per heavy atom. The van der Waals surface area contributed by atoms with E-state index in [-0.39, 0.29) is 17.9 Å². The van der Waals surface area contributed by atoms with Crippen LogP contribution in [0.3, 0.4) is 0 Å². The Kier molecular flexibility index (Phi) is 6.91. The van der Waals surface area contributed by atoms with E-state index in [9.17, 15) is 9.59 Å². The highest BCUT2D eigenvalue weighted by atomic mass is 32.1. The maximum absolute atomic E-state index is 12.0. The van der Waals surface area contributed by atoms with Gasteiger partial charge in [-0.25, -0.2) is 9.78 Å². The van der Waals surface area contributed by atoms with Crippen molar-refractivity contribution < 1.29 is 14.3 Å². The smallest absolute Gasteiger partial charge is 0.350 e. The fourth-order valence-electron chi connectivity index (χ4n) is 2.22. The zero-order valence-corrected chi connectivity index (χ0v) is 16.6. The molecule has 6 heteroatoms. The van der Waals surface area contributed by atoms with Gasteiger partial charge in [-0.15, -0.1) is 11.3 Å². The molecule has 0 saturated carbocycles. The van der Waals surface area contributed by atoms with Crippen molar-refractivity contribution in [2.45, 2.75) is 46.0 Å². The van der Waals surface area contributed by atoms with Crippen LogP contribution in [0.5, 0.6) is 0 Å². The van der Waals surface area contributed by atoms with E-state index in [0.717, 1.165) is 10.6 Å². The Hall–Kier alpha value is -2.21. The van der Waals surface area contributed by atoms with E-state index in [2.05, 4.69) is 10.3 Å². The number of carbonyl (C=O) groups is 2. The number of aromatic nitrogens is 1.